The molecule has 0 saturated heterocycles. The maximum absolute atomic E-state index is 4.30. The molecule has 2 rings (SSSR count). The fourth-order valence-electron chi connectivity index (χ4n) is 1.73. The van der Waals surface area contributed by atoms with E-state index < -0.39 is 0 Å². The van der Waals surface area contributed by atoms with Gasteiger partial charge < -0.3 is 5.32 Å². The van der Waals surface area contributed by atoms with Crippen molar-refractivity contribution in [2.45, 2.75) is 20.3 Å². The summed E-state index contributed by atoms with van der Waals surface area (Å²) in [6.45, 7) is 4.13. The van der Waals surface area contributed by atoms with Crippen molar-refractivity contribution in [1.82, 2.24) is 15.2 Å². The van der Waals surface area contributed by atoms with Crippen molar-refractivity contribution in [2.75, 3.05) is 12.4 Å². The van der Waals surface area contributed by atoms with Gasteiger partial charge in [0.05, 0.1) is 5.69 Å². The van der Waals surface area contributed by atoms with Crippen molar-refractivity contribution in [3.05, 3.63) is 46.9 Å². The monoisotopic (exact) mass is 228 g/mol. The Balaban J connectivity index is 2.32. The van der Waals surface area contributed by atoms with Crippen LogP contribution in [0.2, 0.25) is 0 Å². The van der Waals surface area contributed by atoms with Gasteiger partial charge in [0.15, 0.2) is 5.82 Å². The Morgan fingerprint density at radius 3 is 2.59 bits per heavy atom. The zero-order valence-electron chi connectivity index (χ0n) is 10.4. The summed E-state index contributed by atoms with van der Waals surface area (Å²) in [5.74, 6) is 0.840. The molecule has 0 aliphatic carbocycles. The normalized spacial score (nSPS) is 10.3. The van der Waals surface area contributed by atoms with Crippen molar-refractivity contribution in [1.29, 1.82) is 0 Å². The maximum atomic E-state index is 4.30. The summed E-state index contributed by atoms with van der Waals surface area (Å²) in [7, 11) is 1.86. The van der Waals surface area contributed by atoms with Crippen LogP contribution in [0.3, 0.4) is 0 Å². The molecule has 88 valence electrons. The van der Waals surface area contributed by atoms with E-state index in [2.05, 4.69) is 34.3 Å². The average Bonchev–Trinajstić information content (AvgIpc) is 2.37. The first kappa shape index (κ1) is 11.5. The molecule has 2 heterocycles. The van der Waals surface area contributed by atoms with Crippen LogP contribution in [0, 0.1) is 13.8 Å². The molecular weight excluding hydrogens is 212 g/mol. The molecule has 0 aromatic carbocycles. The molecule has 0 spiro atoms. The number of anilines is 1. The van der Waals surface area contributed by atoms with E-state index in [1.807, 2.05) is 25.2 Å². The lowest BCUT2D eigenvalue weighted by atomic mass is 10.1. The Morgan fingerprint density at radius 2 is 1.94 bits per heavy atom. The first-order chi connectivity index (χ1) is 8.22. The third-order valence-electron chi connectivity index (χ3n) is 2.93. The standard InChI is InChI=1S/C13H16N4/c1-9-10(2)13(14-3)17-16-12(9)8-11-6-4-5-7-15-11/h4-7H,8H2,1-3H3,(H,14,17). The van der Waals surface area contributed by atoms with Gasteiger partial charge in [-0.2, -0.15) is 5.10 Å². The van der Waals surface area contributed by atoms with Crippen LogP contribution < -0.4 is 5.32 Å². The predicted molar refractivity (Wildman–Crippen MR) is 68.1 cm³/mol. The summed E-state index contributed by atoms with van der Waals surface area (Å²) in [6, 6.07) is 5.90. The van der Waals surface area contributed by atoms with E-state index in [1.165, 1.54) is 5.56 Å². The molecule has 0 aliphatic heterocycles. The minimum absolute atomic E-state index is 0.727. The summed E-state index contributed by atoms with van der Waals surface area (Å²) in [6.07, 6.45) is 2.53. The topological polar surface area (TPSA) is 50.7 Å². The highest BCUT2D eigenvalue weighted by molar-refractivity contribution is 5.47. The van der Waals surface area contributed by atoms with E-state index in [-0.39, 0.29) is 0 Å². The number of rotatable bonds is 3. The van der Waals surface area contributed by atoms with Gasteiger partial charge in [-0.3, -0.25) is 4.98 Å². The molecule has 0 radical (unpaired) electrons. The first-order valence-electron chi connectivity index (χ1n) is 5.62. The summed E-state index contributed by atoms with van der Waals surface area (Å²) in [4.78, 5) is 4.30. The van der Waals surface area contributed by atoms with Gasteiger partial charge in [-0.1, -0.05) is 6.07 Å². The minimum atomic E-state index is 0.727. The molecule has 2 aromatic heterocycles. The van der Waals surface area contributed by atoms with Crippen molar-refractivity contribution in [3.63, 3.8) is 0 Å². The summed E-state index contributed by atoms with van der Waals surface area (Å²) < 4.78 is 0. The molecule has 1 N–H and O–H groups in total. The molecule has 17 heavy (non-hydrogen) atoms. The van der Waals surface area contributed by atoms with Crippen LogP contribution in [0.4, 0.5) is 5.82 Å². The summed E-state index contributed by atoms with van der Waals surface area (Å²) in [5.41, 5.74) is 4.32. The van der Waals surface area contributed by atoms with Crippen LogP contribution in [0.1, 0.15) is 22.5 Å². The molecule has 0 amide bonds. The Kier molecular flexibility index (Phi) is 3.32. The van der Waals surface area contributed by atoms with Crippen molar-refractivity contribution in [2.24, 2.45) is 0 Å². The highest BCUT2D eigenvalue weighted by Gasteiger charge is 2.09. The molecule has 0 bridgehead atoms. The molecule has 0 fully saturated rings. The number of nitrogens with zero attached hydrogens (tertiary/aromatic N) is 3. The van der Waals surface area contributed by atoms with E-state index in [0.29, 0.717) is 0 Å². The number of nitrogens with one attached hydrogen (secondary N) is 1. The van der Waals surface area contributed by atoms with Gasteiger partial charge in [0.1, 0.15) is 0 Å². The summed E-state index contributed by atoms with van der Waals surface area (Å²) in [5, 5.41) is 11.5. The lowest BCUT2D eigenvalue weighted by Crippen LogP contribution is -2.06. The second-order valence-corrected chi connectivity index (χ2v) is 3.99. The Hall–Kier alpha value is -1.97. The number of pyridine rings is 1. The van der Waals surface area contributed by atoms with Crippen LogP contribution in [0.15, 0.2) is 24.4 Å². The number of aromatic nitrogens is 3. The van der Waals surface area contributed by atoms with Gasteiger partial charge in [-0.15, -0.1) is 5.10 Å². The lowest BCUT2D eigenvalue weighted by Gasteiger charge is -2.10. The highest BCUT2D eigenvalue weighted by atomic mass is 15.2. The molecular formula is C13H16N4. The van der Waals surface area contributed by atoms with E-state index in [1.54, 1.807) is 6.20 Å². The zero-order chi connectivity index (χ0) is 12.3. The van der Waals surface area contributed by atoms with Gasteiger partial charge in [0.2, 0.25) is 0 Å². The van der Waals surface area contributed by atoms with E-state index in [4.69, 9.17) is 0 Å². The highest BCUT2D eigenvalue weighted by Crippen LogP contribution is 2.18. The Morgan fingerprint density at radius 1 is 1.12 bits per heavy atom. The van der Waals surface area contributed by atoms with Crippen molar-refractivity contribution < 1.29 is 0 Å². The van der Waals surface area contributed by atoms with Crippen LogP contribution in [0.5, 0.6) is 0 Å². The van der Waals surface area contributed by atoms with Gasteiger partial charge >= 0.3 is 0 Å². The van der Waals surface area contributed by atoms with Crippen LogP contribution in [-0.2, 0) is 6.42 Å². The Bertz CT molecular complexity index is 508. The molecule has 2 aromatic rings. The first-order valence-corrected chi connectivity index (χ1v) is 5.62. The van der Waals surface area contributed by atoms with Crippen molar-refractivity contribution in [3.8, 4) is 0 Å². The third-order valence-corrected chi connectivity index (χ3v) is 2.93. The van der Waals surface area contributed by atoms with E-state index in [0.717, 1.165) is 29.2 Å². The van der Waals surface area contributed by atoms with Gasteiger partial charge in [0.25, 0.3) is 0 Å². The molecule has 0 aliphatic rings. The van der Waals surface area contributed by atoms with Crippen LogP contribution >= 0.6 is 0 Å². The molecule has 0 saturated carbocycles. The number of hydrogen-bond donors (Lipinski definition) is 1. The number of hydrogen-bond acceptors (Lipinski definition) is 4. The Labute approximate surface area is 101 Å². The zero-order valence-corrected chi connectivity index (χ0v) is 10.4. The minimum Gasteiger partial charge on any atom is -0.371 e. The smallest absolute Gasteiger partial charge is 0.151 e. The van der Waals surface area contributed by atoms with E-state index >= 15 is 0 Å². The third kappa shape index (κ3) is 2.41. The molecule has 0 atom stereocenters. The molecule has 4 nitrogen and oxygen atoms in total. The van der Waals surface area contributed by atoms with E-state index in [9.17, 15) is 0 Å². The van der Waals surface area contributed by atoms with Crippen molar-refractivity contribution >= 4 is 5.82 Å². The van der Waals surface area contributed by atoms with Gasteiger partial charge in [-0.25, -0.2) is 0 Å². The largest absolute Gasteiger partial charge is 0.371 e. The quantitative estimate of drug-likeness (QED) is 0.874. The second kappa shape index (κ2) is 4.91. The SMILES string of the molecule is CNc1nnc(Cc2ccccn2)c(C)c1C. The fourth-order valence-corrected chi connectivity index (χ4v) is 1.73. The fraction of sp³-hybridized carbons (Fsp3) is 0.308. The lowest BCUT2D eigenvalue weighted by molar-refractivity contribution is 0.892. The predicted octanol–water partition coefficient (Wildman–Crippen LogP) is 2.12. The average molecular weight is 228 g/mol. The second-order valence-electron chi connectivity index (χ2n) is 3.99. The van der Waals surface area contributed by atoms with Gasteiger partial charge in [0, 0.05) is 25.4 Å². The molecule has 0 unspecified atom stereocenters. The molecule has 4 heteroatoms. The maximum Gasteiger partial charge on any atom is 0.151 e. The summed E-state index contributed by atoms with van der Waals surface area (Å²) >= 11 is 0. The van der Waals surface area contributed by atoms with Crippen LogP contribution in [-0.4, -0.2) is 22.2 Å². The van der Waals surface area contributed by atoms with Gasteiger partial charge in [-0.05, 0) is 37.1 Å². The van der Waals surface area contributed by atoms with Crippen LogP contribution in [0.25, 0.3) is 0 Å².